The average molecular weight is 429 g/mol. The van der Waals surface area contributed by atoms with Crippen LogP contribution in [0.25, 0.3) is 0 Å². The SMILES string of the molecule is O=C(CCCN1CCC(NC(=O)c2ccccc2)CC1)c1ccc(Br)cc1. The highest BCUT2D eigenvalue weighted by atomic mass is 79.9. The molecule has 0 atom stereocenters. The summed E-state index contributed by atoms with van der Waals surface area (Å²) in [4.78, 5) is 26.8. The first-order valence-corrected chi connectivity index (χ1v) is 10.3. The molecule has 142 valence electrons. The van der Waals surface area contributed by atoms with Gasteiger partial charge in [-0.05, 0) is 50.1 Å². The van der Waals surface area contributed by atoms with Gasteiger partial charge in [0, 0.05) is 41.2 Å². The van der Waals surface area contributed by atoms with Gasteiger partial charge in [0.05, 0.1) is 0 Å². The van der Waals surface area contributed by atoms with E-state index in [1.807, 2.05) is 54.6 Å². The predicted molar refractivity (Wildman–Crippen MR) is 111 cm³/mol. The minimum Gasteiger partial charge on any atom is -0.349 e. The quantitative estimate of drug-likeness (QED) is 0.668. The molecule has 27 heavy (non-hydrogen) atoms. The Morgan fingerprint density at radius 3 is 2.30 bits per heavy atom. The molecular formula is C22H25BrN2O2. The number of carbonyl (C=O) groups excluding carboxylic acids is 2. The van der Waals surface area contributed by atoms with Crippen molar-refractivity contribution in [2.24, 2.45) is 0 Å². The van der Waals surface area contributed by atoms with E-state index in [1.54, 1.807) is 0 Å². The first-order valence-electron chi connectivity index (χ1n) is 9.49. The van der Waals surface area contributed by atoms with Crippen molar-refractivity contribution in [3.05, 3.63) is 70.2 Å². The van der Waals surface area contributed by atoms with E-state index in [4.69, 9.17) is 0 Å². The smallest absolute Gasteiger partial charge is 0.251 e. The summed E-state index contributed by atoms with van der Waals surface area (Å²) >= 11 is 3.39. The number of Topliss-reactive ketones (excluding diaryl/α,β-unsaturated/α-hetero) is 1. The van der Waals surface area contributed by atoms with Crippen LogP contribution in [-0.4, -0.2) is 42.3 Å². The van der Waals surface area contributed by atoms with E-state index in [1.165, 1.54) is 0 Å². The van der Waals surface area contributed by atoms with Crippen LogP contribution < -0.4 is 5.32 Å². The average Bonchev–Trinajstić information content (AvgIpc) is 2.70. The summed E-state index contributed by atoms with van der Waals surface area (Å²) in [6, 6.07) is 17.1. The number of hydrogen-bond acceptors (Lipinski definition) is 3. The van der Waals surface area contributed by atoms with E-state index in [0.29, 0.717) is 12.0 Å². The topological polar surface area (TPSA) is 49.4 Å². The molecule has 1 heterocycles. The number of amides is 1. The number of carbonyl (C=O) groups is 2. The molecule has 1 saturated heterocycles. The van der Waals surface area contributed by atoms with Crippen LogP contribution >= 0.6 is 15.9 Å². The number of hydrogen-bond donors (Lipinski definition) is 1. The highest BCUT2D eigenvalue weighted by Crippen LogP contribution is 2.15. The third-order valence-corrected chi connectivity index (χ3v) is 5.53. The molecule has 0 aromatic heterocycles. The zero-order valence-electron chi connectivity index (χ0n) is 15.4. The van der Waals surface area contributed by atoms with Crippen molar-refractivity contribution in [1.82, 2.24) is 10.2 Å². The van der Waals surface area contributed by atoms with Gasteiger partial charge in [0.25, 0.3) is 5.91 Å². The molecule has 4 nitrogen and oxygen atoms in total. The Labute approximate surface area is 169 Å². The normalized spacial score (nSPS) is 15.4. The third-order valence-electron chi connectivity index (χ3n) is 5.00. The van der Waals surface area contributed by atoms with Crippen molar-refractivity contribution in [3.8, 4) is 0 Å². The number of likely N-dealkylation sites (tertiary alicyclic amines) is 1. The maximum absolute atomic E-state index is 12.2. The summed E-state index contributed by atoms with van der Waals surface area (Å²) in [7, 11) is 0. The van der Waals surface area contributed by atoms with Gasteiger partial charge < -0.3 is 10.2 Å². The molecule has 0 aliphatic carbocycles. The molecule has 2 aromatic rings. The highest BCUT2D eigenvalue weighted by Gasteiger charge is 2.21. The lowest BCUT2D eigenvalue weighted by Crippen LogP contribution is -2.44. The molecular weight excluding hydrogens is 404 g/mol. The lowest BCUT2D eigenvalue weighted by molar-refractivity contribution is 0.0903. The van der Waals surface area contributed by atoms with Crippen molar-refractivity contribution in [2.75, 3.05) is 19.6 Å². The molecule has 1 fully saturated rings. The first kappa shape index (κ1) is 19.8. The molecule has 0 radical (unpaired) electrons. The van der Waals surface area contributed by atoms with E-state index in [-0.39, 0.29) is 17.7 Å². The summed E-state index contributed by atoms with van der Waals surface area (Å²) in [5.41, 5.74) is 1.49. The number of ketones is 1. The Morgan fingerprint density at radius 1 is 0.963 bits per heavy atom. The van der Waals surface area contributed by atoms with E-state index in [9.17, 15) is 9.59 Å². The van der Waals surface area contributed by atoms with Crippen LogP contribution in [0.4, 0.5) is 0 Å². The first-order chi connectivity index (χ1) is 13.1. The zero-order valence-corrected chi connectivity index (χ0v) is 17.0. The number of benzene rings is 2. The van der Waals surface area contributed by atoms with Gasteiger partial charge in [-0.15, -0.1) is 0 Å². The molecule has 1 amide bonds. The van der Waals surface area contributed by atoms with Gasteiger partial charge in [-0.25, -0.2) is 0 Å². The monoisotopic (exact) mass is 428 g/mol. The number of rotatable bonds is 7. The van der Waals surface area contributed by atoms with Gasteiger partial charge in [0.15, 0.2) is 5.78 Å². The van der Waals surface area contributed by atoms with E-state index in [0.717, 1.165) is 48.9 Å². The molecule has 1 N–H and O–H groups in total. The van der Waals surface area contributed by atoms with Gasteiger partial charge in [0.2, 0.25) is 0 Å². The second kappa shape index (κ2) is 9.81. The molecule has 0 saturated carbocycles. The fourth-order valence-electron chi connectivity index (χ4n) is 3.40. The van der Waals surface area contributed by atoms with Crippen LogP contribution in [0.2, 0.25) is 0 Å². The van der Waals surface area contributed by atoms with E-state index in [2.05, 4.69) is 26.1 Å². The van der Waals surface area contributed by atoms with E-state index < -0.39 is 0 Å². The Hall–Kier alpha value is -1.98. The standard InChI is InChI=1S/C22H25BrN2O2/c23-19-10-8-17(9-11-19)21(26)7-4-14-25-15-12-20(13-16-25)24-22(27)18-5-2-1-3-6-18/h1-3,5-6,8-11,20H,4,7,12-16H2,(H,24,27). The summed E-state index contributed by atoms with van der Waals surface area (Å²) < 4.78 is 0.987. The van der Waals surface area contributed by atoms with E-state index >= 15 is 0 Å². The molecule has 1 aliphatic heterocycles. The lowest BCUT2D eigenvalue weighted by Gasteiger charge is -2.32. The fraction of sp³-hybridized carbons (Fsp3) is 0.364. The van der Waals surface area contributed by atoms with Crippen LogP contribution in [0.5, 0.6) is 0 Å². The summed E-state index contributed by atoms with van der Waals surface area (Å²) in [5.74, 6) is 0.210. The maximum Gasteiger partial charge on any atom is 0.251 e. The highest BCUT2D eigenvalue weighted by molar-refractivity contribution is 9.10. The van der Waals surface area contributed by atoms with Crippen molar-refractivity contribution < 1.29 is 9.59 Å². The largest absolute Gasteiger partial charge is 0.349 e. The maximum atomic E-state index is 12.2. The van der Waals surface area contributed by atoms with Crippen molar-refractivity contribution >= 4 is 27.6 Å². The second-order valence-electron chi connectivity index (χ2n) is 6.99. The van der Waals surface area contributed by atoms with Gasteiger partial charge >= 0.3 is 0 Å². The number of piperidine rings is 1. The van der Waals surface area contributed by atoms with Crippen molar-refractivity contribution in [3.63, 3.8) is 0 Å². The Kier molecular flexibility index (Phi) is 7.18. The Bertz CT molecular complexity index is 754. The minimum atomic E-state index is 0.00847. The zero-order chi connectivity index (χ0) is 19.1. The Balaban J connectivity index is 1.35. The van der Waals surface area contributed by atoms with Crippen LogP contribution in [-0.2, 0) is 0 Å². The molecule has 0 bridgehead atoms. The summed E-state index contributed by atoms with van der Waals surface area (Å²) in [6.07, 6.45) is 3.36. The van der Waals surface area contributed by atoms with Crippen molar-refractivity contribution in [2.45, 2.75) is 31.7 Å². The molecule has 3 rings (SSSR count). The molecule has 2 aromatic carbocycles. The molecule has 0 spiro atoms. The van der Waals surface area contributed by atoms with Gasteiger partial charge in [-0.2, -0.15) is 0 Å². The molecule has 0 unspecified atom stereocenters. The third kappa shape index (κ3) is 6.01. The fourth-order valence-corrected chi connectivity index (χ4v) is 3.67. The number of halogens is 1. The van der Waals surface area contributed by atoms with Crippen LogP contribution in [0.3, 0.4) is 0 Å². The lowest BCUT2D eigenvalue weighted by atomic mass is 10.0. The van der Waals surface area contributed by atoms with Gasteiger partial charge in [-0.1, -0.05) is 46.3 Å². The summed E-state index contributed by atoms with van der Waals surface area (Å²) in [5, 5.41) is 3.13. The summed E-state index contributed by atoms with van der Waals surface area (Å²) in [6.45, 7) is 2.86. The van der Waals surface area contributed by atoms with Crippen LogP contribution in [0.1, 0.15) is 46.4 Å². The number of nitrogens with zero attached hydrogens (tertiary/aromatic N) is 1. The number of nitrogens with one attached hydrogen (secondary N) is 1. The van der Waals surface area contributed by atoms with Gasteiger partial charge in [0.1, 0.15) is 0 Å². The molecule has 5 heteroatoms. The van der Waals surface area contributed by atoms with Crippen LogP contribution in [0.15, 0.2) is 59.1 Å². The minimum absolute atomic E-state index is 0.00847. The second-order valence-corrected chi connectivity index (χ2v) is 7.90. The van der Waals surface area contributed by atoms with Gasteiger partial charge in [-0.3, -0.25) is 9.59 Å². The molecule has 1 aliphatic rings. The Morgan fingerprint density at radius 2 is 1.63 bits per heavy atom. The van der Waals surface area contributed by atoms with Crippen molar-refractivity contribution in [1.29, 1.82) is 0 Å². The van der Waals surface area contributed by atoms with Crippen LogP contribution in [0, 0.1) is 0 Å². The predicted octanol–water partition coefficient (Wildman–Crippen LogP) is 4.31.